The first-order valence-corrected chi connectivity index (χ1v) is 10.8. The standard InChI is InChI=1S/C18H29N3O4S/c1-2-19-18(20-10-6-12-25-16-9-13-24-15-16)21-11-14-26(22,23)17-7-4-3-5-8-17/h3-5,7-8,16H,2,6,9-15H2,1H3,(H2,19,20,21). The molecule has 0 bridgehead atoms. The maximum Gasteiger partial charge on any atom is 0.191 e. The fourth-order valence-electron chi connectivity index (χ4n) is 2.54. The lowest BCUT2D eigenvalue weighted by Crippen LogP contribution is -2.39. The predicted octanol–water partition coefficient (Wildman–Crippen LogP) is 1.21. The third kappa shape index (κ3) is 7.31. The number of ether oxygens (including phenoxy) is 2. The molecule has 1 heterocycles. The maximum absolute atomic E-state index is 12.3. The van der Waals surface area contributed by atoms with Crippen LogP contribution in [0.1, 0.15) is 19.8 Å². The average molecular weight is 384 g/mol. The van der Waals surface area contributed by atoms with Crippen LogP contribution in [0, 0.1) is 0 Å². The summed E-state index contributed by atoms with van der Waals surface area (Å²) >= 11 is 0. The van der Waals surface area contributed by atoms with Gasteiger partial charge in [-0.2, -0.15) is 0 Å². The Bertz CT molecular complexity index is 644. The molecular weight excluding hydrogens is 354 g/mol. The highest BCUT2D eigenvalue weighted by atomic mass is 32.2. The Kier molecular flexibility index (Phi) is 8.87. The smallest absolute Gasteiger partial charge is 0.191 e. The Morgan fingerprint density at radius 2 is 2.12 bits per heavy atom. The molecule has 0 aliphatic carbocycles. The third-order valence-corrected chi connectivity index (χ3v) is 5.66. The van der Waals surface area contributed by atoms with E-state index in [9.17, 15) is 8.42 Å². The number of sulfone groups is 1. The van der Waals surface area contributed by atoms with Crippen LogP contribution in [-0.2, 0) is 19.3 Å². The van der Waals surface area contributed by atoms with Crippen LogP contribution in [0.3, 0.4) is 0 Å². The summed E-state index contributed by atoms with van der Waals surface area (Å²) in [4.78, 5) is 4.80. The molecular formula is C18H29N3O4S. The van der Waals surface area contributed by atoms with E-state index in [4.69, 9.17) is 9.47 Å². The van der Waals surface area contributed by atoms with Crippen molar-refractivity contribution in [2.75, 3.05) is 45.2 Å². The molecule has 0 amide bonds. The van der Waals surface area contributed by atoms with Gasteiger partial charge in [-0.3, -0.25) is 4.99 Å². The molecule has 1 aliphatic heterocycles. The van der Waals surface area contributed by atoms with Gasteiger partial charge < -0.3 is 20.1 Å². The molecule has 2 rings (SSSR count). The minimum Gasteiger partial charge on any atom is -0.379 e. The largest absolute Gasteiger partial charge is 0.379 e. The summed E-state index contributed by atoms with van der Waals surface area (Å²) in [5, 5.41) is 6.20. The van der Waals surface area contributed by atoms with Gasteiger partial charge in [0, 0.05) is 32.8 Å². The second kappa shape index (κ2) is 11.2. The molecule has 8 heteroatoms. The van der Waals surface area contributed by atoms with Gasteiger partial charge >= 0.3 is 0 Å². The molecule has 1 saturated heterocycles. The van der Waals surface area contributed by atoms with Gasteiger partial charge in [-0.15, -0.1) is 0 Å². The quantitative estimate of drug-likeness (QED) is 0.359. The molecule has 0 aromatic heterocycles. The Hall–Kier alpha value is -1.64. The summed E-state index contributed by atoms with van der Waals surface area (Å²) in [6, 6.07) is 8.49. The van der Waals surface area contributed by atoms with Crippen molar-refractivity contribution in [3.05, 3.63) is 30.3 Å². The molecule has 7 nitrogen and oxygen atoms in total. The van der Waals surface area contributed by atoms with Crippen molar-refractivity contribution < 1.29 is 17.9 Å². The minimum absolute atomic E-state index is 0.0201. The molecule has 0 radical (unpaired) electrons. The zero-order valence-corrected chi connectivity index (χ0v) is 16.1. The Morgan fingerprint density at radius 3 is 2.81 bits per heavy atom. The molecule has 1 aromatic rings. The van der Waals surface area contributed by atoms with Crippen molar-refractivity contribution in [3.63, 3.8) is 0 Å². The third-order valence-electron chi connectivity index (χ3n) is 3.92. The van der Waals surface area contributed by atoms with E-state index in [0.29, 0.717) is 43.7 Å². The lowest BCUT2D eigenvalue weighted by atomic mass is 10.3. The fraction of sp³-hybridized carbons (Fsp3) is 0.611. The van der Waals surface area contributed by atoms with Crippen molar-refractivity contribution >= 4 is 15.8 Å². The molecule has 2 N–H and O–H groups in total. The molecule has 1 aromatic carbocycles. The maximum atomic E-state index is 12.3. The number of aliphatic imine (C=N–C) groups is 1. The van der Waals surface area contributed by atoms with Gasteiger partial charge in [0.15, 0.2) is 15.8 Å². The van der Waals surface area contributed by atoms with E-state index in [-0.39, 0.29) is 11.9 Å². The van der Waals surface area contributed by atoms with Gasteiger partial charge in [0.1, 0.15) is 0 Å². The van der Waals surface area contributed by atoms with E-state index in [1.165, 1.54) is 0 Å². The van der Waals surface area contributed by atoms with Gasteiger partial charge in [-0.1, -0.05) is 18.2 Å². The van der Waals surface area contributed by atoms with Crippen molar-refractivity contribution in [1.29, 1.82) is 0 Å². The van der Waals surface area contributed by atoms with Crippen LogP contribution in [0.5, 0.6) is 0 Å². The van der Waals surface area contributed by atoms with Crippen LogP contribution in [0.2, 0.25) is 0 Å². The Morgan fingerprint density at radius 1 is 1.31 bits per heavy atom. The molecule has 1 unspecified atom stereocenters. The van der Waals surface area contributed by atoms with E-state index in [0.717, 1.165) is 19.4 Å². The van der Waals surface area contributed by atoms with Gasteiger partial charge in [0.2, 0.25) is 0 Å². The normalized spacial score (nSPS) is 18.0. The molecule has 1 aliphatic rings. The zero-order valence-electron chi connectivity index (χ0n) is 15.3. The van der Waals surface area contributed by atoms with Crippen LogP contribution >= 0.6 is 0 Å². The second-order valence-corrected chi connectivity index (χ2v) is 8.14. The van der Waals surface area contributed by atoms with Crippen LogP contribution in [0.25, 0.3) is 0 Å². The Labute approximate surface area is 156 Å². The van der Waals surface area contributed by atoms with Crippen molar-refractivity contribution in [3.8, 4) is 0 Å². The first kappa shape index (κ1) is 20.7. The van der Waals surface area contributed by atoms with Crippen LogP contribution in [0.15, 0.2) is 40.2 Å². The zero-order chi connectivity index (χ0) is 18.7. The fourth-order valence-corrected chi connectivity index (χ4v) is 3.72. The monoisotopic (exact) mass is 383 g/mol. The van der Waals surface area contributed by atoms with Crippen LogP contribution < -0.4 is 10.6 Å². The number of hydrogen-bond donors (Lipinski definition) is 2. The summed E-state index contributed by atoms with van der Waals surface area (Å²) < 4.78 is 35.5. The van der Waals surface area contributed by atoms with Gasteiger partial charge in [0.25, 0.3) is 0 Å². The van der Waals surface area contributed by atoms with Crippen LogP contribution in [-0.4, -0.2) is 65.7 Å². The summed E-state index contributed by atoms with van der Waals surface area (Å²) in [7, 11) is -3.29. The summed E-state index contributed by atoms with van der Waals surface area (Å²) in [5.41, 5.74) is 0. The molecule has 1 fully saturated rings. The molecule has 26 heavy (non-hydrogen) atoms. The number of nitrogens with one attached hydrogen (secondary N) is 2. The SMILES string of the molecule is CCNC(=NCCCOC1CCOC1)NCCS(=O)(=O)c1ccccc1. The number of benzene rings is 1. The lowest BCUT2D eigenvalue weighted by Gasteiger charge is -2.12. The summed E-state index contributed by atoms with van der Waals surface area (Å²) in [6.45, 7) is 5.73. The summed E-state index contributed by atoms with van der Waals surface area (Å²) in [6.07, 6.45) is 1.99. The molecule has 0 saturated carbocycles. The van der Waals surface area contributed by atoms with Gasteiger partial charge in [-0.25, -0.2) is 8.42 Å². The van der Waals surface area contributed by atoms with Gasteiger partial charge in [-0.05, 0) is 31.9 Å². The topological polar surface area (TPSA) is 89.0 Å². The van der Waals surface area contributed by atoms with E-state index in [2.05, 4.69) is 15.6 Å². The van der Waals surface area contributed by atoms with Crippen molar-refractivity contribution in [2.24, 2.45) is 4.99 Å². The first-order chi connectivity index (χ1) is 12.6. The predicted molar refractivity (Wildman–Crippen MR) is 102 cm³/mol. The molecule has 1 atom stereocenters. The van der Waals surface area contributed by atoms with Crippen molar-refractivity contribution in [2.45, 2.75) is 30.8 Å². The minimum atomic E-state index is -3.29. The van der Waals surface area contributed by atoms with Gasteiger partial charge in [0.05, 0.1) is 23.4 Å². The van der Waals surface area contributed by atoms with E-state index in [1.54, 1.807) is 30.3 Å². The number of nitrogens with zero attached hydrogens (tertiary/aromatic N) is 1. The van der Waals surface area contributed by atoms with Crippen molar-refractivity contribution in [1.82, 2.24) is 10.6 Å². The van der Waals surface area contributed by atoms with E-state index >= 15 is 0 Å². The highest BCUT2D eigenvalue weighted by Gasteiger charge is 2.15. The highest BCUT2D eigenvalue weighted by molar-refractivity contribution is 7.91. The molecule has 0 spiro atoms. The summed E-state index contributed by atoms with van der Waals surface area (Å²) in [5.74, 6) is 0.645. The van der Waals surface area contributed by atoms with E-state index < -0.39 is 9.84 Å². The highest BCUT2D eigenvalue weighted by Crippen LogP contribution is 2.09. The second-order valence-electron chi connectivity index (χ2n) is 6.03. The van der Waals surface area contributed by atoms with E-state index in [1.807, 2.05) is 6.92 Å². The first-order valence-electron chi connectivity index (χ1n) is 9.11. The lowest BCUT2D eigenvalue weighted by molar-refractivity contribution is 0.0424. The number of hydrogen-bond acceptors (Lipinski definition) is 5. The Balaban J connectivity index is 1.71. The molecule has 146 valence electrons. The number of rotatable bonds is 10. The number of guanidine groups is 1. The average Bonchev–Trinajstić information content (AvgIpc) is 3.15. The van der Waals surface area contributed by atoms with Crippen LogP contribution in [0.4, 0.5) is 0 Å².